The second-order valence-electron chi connectivity index (χ2n) is 5.04. The van der Waals surface area contributed by atoms with Gasteiger partial charge in [-0.15, -0.1) is 0 Å². The molecule has 96 valence electrons. The molecule has 0 spiro atoms. The summed E-state index contributed by atoms with van der Waals surface area (Å²) in [7, 11) is 0. The molecule has 1 fully saturated rings. The van der Waals surface area contributed by atoms with Gasteiger partial charge in [0.05, 0.1) is 5.69 Å². The third-order valence-electron chi connectivity index (χ3n) is 3.69. The van der Waals surface area contributed by atoms with Crippen molar-refractivity contribution in [2.45, 2.75) is 25.8 Å². The van der Waals surface area contributed by atoms with E-state index >= 15 is 0 Å². The van der Waals surface area contributed by atoms with Gasteiger partial charge in [0.25, 0.3) is 0 Å². The van der Waals surface area contributed by atoms with Crippen LogP contribution in [0.2, 0.25) is 0 Å². The number of hydrogen-bond donors (Lipinski definition) is 1. The van der Waals surface area contributed by atoms with Crippen molar-refractivity contribution >= 4 is 5.65 Å². The Balaban J connectivity index is 1.72. The summed E-state index contributed by atoms with van der Waals surface area (Å²) in [6.07, 6.45) is 7.92. The number of rotatable bonds is 4. The van der Waals surface area contributed by atoms with Crippen molar-refractivity contribution in [2.75, 3.05) is 19.6 Å². The Labute approximate surface area is 107 Å². The highest BCUT2D eigenvalue weighted by molar-refractivity contribution is 5.43. The molecule has 0 amide bonds. The lowest BCUT2D eigenvalue weighted by atomic mass is 10.3. The number of fused-ring (bicyclic) bond motifs is 1. The van der Waals surface area contributed by atoms with E-state index in [-0.39, 0.29) is 0 Å². The number of nitrogens with two attached hydrogens (primary N) is 1. The summed E-state index contributed by atoms with van der Waals surface area (Å²) < 4.78 is 2.08. The lowest BCUT2D eigenvalue weighted by Crippen LogP contribution is -2.21. The molecule has 1 saturated heterocycles. The number of nitrogens with zero attached hydrogens (tertiary/aromatic N) is 3. The van der Waals surface area contributed by atoms with Gasteiger partial charge < -0.3 is 15.0 Å². The van der Waals surface area contributed by atoms with Gasteiger partial charge in [0.2, 0.25) is 0 Å². The molecule has 1 aliphatic heterocycles. The first-order valence-corrected chi connectivity index (χ1v) is 6.74. The van der Waals surface area contributed by atoms with Crippen LogP contribution in [0.5, 0.6) is 0 Å². The minimum atomic E-state index is 0.576. The summed E-state index contributed by atoms with van der Waals surface area (Å²) in [6, 6.07) is 4.12. The maximum atomic E-state index is 5.65. The van der Waals surface area contributed by atoms with E-state index < -0.39 is 0 Å². The number of aromatic nitrogens is 2. The zero-order valence-electron chi connectivity index (χ0n) is 10.7. The molecule has 0 aliphatic carbocycles. The monoisotopic (exact) mass is 244 g/mol. The molecule has 2 N–H and O–H groups in total. The fraction of sp³-hybridized carbons (Fsp3) is 0.500. The molecule has 2 aromatic heterocycles. The van der Waals surface area contributed by atoms with Crippen LogP contribution in [-0.2, 0) is 13.0 Å². The van der Waals surface area contributed by atoms with E-state index in [0.717, 1.165) is 24.2 Å². The third kappa shape index (κ3) is 2.40. The molecule has 0 radical (unpaired) electrons. The Bertz CT molecular complexity index is 526. The SMILES string of the molecule is NCc1ccn2cc(CCN3CCCC3)nc2c1. The smallest absolute Gasteiger partial charge is 0.137 e. The Morgan fingerprint density at radius 2 is 2.11 bits per heavy atom. The molecule has 1 aliphatic rings. The Kier molecular flexibility index (Phi) is 3.30. The van der Waals surface area contributed by atoms with Crippen molar-refractivity contribution in [1.29, 1.82) is 0 Å². The fourth-order valence-electron chi connectivity index (χ4n) is 2.60. The first kappa shape index (κ1) is 11.7. The Hall–Kier alpha value is -1.39. The van der Waals surface area contributed by atoms with Crippen LogP contribution in [0.1, 0.15) is 24.1 Å². The fourth-order valence-corrected chi connectivity index (χ4v) is 2.60. The maximum absolute atomic E-state index is 5.65. The van der Waals surface area contributed by atoms with Crippen molar-refractivity contribution in [1.82, 2.24) is 14.3 Å². The van der Waals surface area contributed by atoms with Gasteiger partial charge in [-0.3, -0.25) is 0 Å². The highest BCUT2D eigenvalue weighted by atomic mass is 15.1. The summed E-state index contributed by atoms with van der Waals surface area (Å²) in [5.74, 6) is 0. The van der Waals surface area contributed by atoms with Crippen LogP contribution < -0.4 is 5.73 Å². The van der Waals surface area contributed by atoms with Gasteiger partial charge in [-0.1, -0.05) is 0 Å². The van der Waals surface area contributed by atoms with E-state index in [2.05, 4.69) is 32.6 Å². The summed E-state index contributed by atoms with van der Waals surface area (Å²) in [5.41, 5.74) is 8.97. The Morgan fingerprint density at radius 3 is 2.89 bits per heavy atom. The van der Waals surface area contributed by atoms with E-state index in [0.29, 0.717) is 6.54 Å². The largest absolute Gasteiger partial charge is 0.326 e. The molecule has 18 heavy (non-hydrogen) atoms. The van der Waals surface area contributed by atoms with Gasteiger partial charge >= 0.3 is 0 Å². The van der Waals surface area contributed by atoms with Gasteiger partial charge in [0.1, 0.15) is 5.65 Å². The van der Waals surface area contributed by atoms with E-state index in [4.69, 9.17) is 5.73 Å². The summed E-state index contributed by atoms with van der Waals surface area (Å²) in [4.78, 5) is 7.19. The zero-order chi connectivity index (χ0) is 12.4. The van der Waals surface area contributed by atoms with Crippen molar-refractivity contribution in [3.63, 3.8) is 0 Å². The molecule has 0 unspecified atom stereocenters. The minimum absolute atomic E-state index is 0.576. The lowest BCUT2D eigenvalue weighted by Gasteiger charge is -2.12. The van der Waals surface area contributed by atoms with Crippen molar-refractivity contribution in [3.05, 3.63) is 35.8 Å². The number of imidazole rings is 1. The quantitative estimate of drug-likeness (QED) is 0.885. The van der Waals surface area contributed by atoms with Crippen molar-refractivity contribution < 1.29 is 0 Å². The second kappa shape index (κ2) is 5.08. The van der Waals surface area contributed by atoms with Crippen molar-refractivity contribution in [2.24, 2.45) is 5.73 Å². The lowest BCUT2D eigenvalue weighted by molar-refractivity contribution is 0.342. The molecule has 0 saturated carbocycles. The van der Waals surface area contributed by atoms with E-state index in [1.54, 1.807) is 0 Å². The predicted octanol–water partition coefficient (Wildman–Crippen LogP) is 1.43. The van der Waals surface area contributed by atoms with Gasteiger partial charge in [0.15, 0.2) is 0 Å². The minimum Gasteiger partial charge on any atom is -0.326 e. The van der Waals surface area contributed by atoms with Gasteiger partial charge in [-0.05, 0) is 43.6 Å². The van der Waals surface area contributed by atoms with Crippen LogP contribution in [0.25, 0.3) is 5.65 Å². The molecule has 0 bridgehead atoms. The molecule has 3 rings (SSSR count). The number of likely N-dealkylation sites (tertiary alicyclic amines) is 1. The van der Waals surface area contributed by atoms with Crippen molar-refractivity contribution in [3.8, 4) is 0 Å². The second-order valence-corrected chi connectivity index (χ2v) is 5.04. The normalized spacial score (nSPS) is 16.7. The molecular formula is C14H20N4. The third-order valence-corrected chi connectivity index (χ3v) is 3.69. The van der Waals surface area contributed by atoms with E-state index in [1.807, 2.05) is 6.20 Å². The predicted molar refractivity (Wildman–Crippen MR) is 72.5 cm³/mol. The van der Waals surface area contributed by atoms with Gasteiger partial charge in [0, 0.05) is 31.9 Å². The van der Waals surface area contributed by atoms with Crippen LogP contribution in [-0.4, -0.2) is 33.9 Å². The highest BCUT2D eigenvalue weighted by Crippen LogP contribution is 2.11. The van der Waals surface area contributed by atoms with E-state index in [1.165, 1.54) is 31.6 Å². The summed E-state index contributed by atoms with van der Waals surface area (Å²) in [6.45, 7) is 4.22. The standard InChI is InChI=1S/C14H20N4/c15-10-12-3-8-18-11-13(16-14(18)9-12)4-7-17-5-1-2-6-17/h3,8-9,11H,1-2,4-7,10,15H2. The number of pyridine rings is 1. The van der Waals surface area contributed by atoms with E-state index in [9.17, 15) is 0 Å². The first-order valence-electron chi connectivity index (χ1n) is 6.74. The van der Waals surface area contributed by atoms with Crippen LogP contribution >= 0.6 is 0 Å². The Morgan fingerprint density at radius 1 is 1.28 bits per heavy atom. The summed E-state index contributed by atoms with van der Waals surface area (Å²) in [5, 5.41) is 0. The topological polar surface area (TPSA) is 46.6 Å². The zero-order valence-corrected chi connectivity index (χ0v) is 10.7. The summed E-state index contributed by atoms with van der Waals surface area (Å²) >= 11 is 0. The average Bonchev–Trinajstić information content (AvgIpc) is 3.04. The highest BCUT2D eigenvalue weighted by Gasteiger charge is 2.11. The average molecular weight is 244 g/mol. The van der Waals surface area contributed by atoms with Crippen LogP contribution in [0.4, 0.5) is 0 Å². The molecule has 0 atom stereocenters. The van der Waals surface area contributed by atoms with Crippen LogP contribution in [0.3, 0.4) is 0 Å². The molecular weight excluding hydrogens is 224 g/mol. The molecule has 3 heterocycles. The van der Waals surface area contributed by atoms with Crippen LogP contribution in [0.15, 0.2) is 24.5 Å². The molecule has 2 aromatic rings. The van der Waals surface area contributed by atoms with Gasteiger partial charge in [-0.25, -0.2) is 4.98 Å². The maximum Gasteiger partial charge on any atom is 0.137 e. The molecule has 4 nitrogen and oxygen atoms in total. The first-order chi connectivity index (χ1) is 8.85. The number of hydrogen-bond acceptors (Lipinski definition) is 3. The molecule has 0 aromatic carbocycles. The van der Waals surface area contributed by atoms with Crippen LogP contribution in [0, 0.1) is 0 Å². The molecule has 4 heteroatoms. The van der Waals surface area contributed by atoms with Gasteiger partial charge in [-0.2, -0.15) is 0 Å².